The maximum absolute atomic E-state index is 12.4. The van der Waals surface area contributed by atoms with Crippen LogP contribution in [0.4, 0.5) is 4.79 Å². The Labute approximate surface area is 147 Å². The van der Waals surface area contributed by atoms with Crippen molar-refractivity contribution in [3.05, 3.63) is 23.8 Å². The lowest BCUT2D eigenvalue weighted by atomic mass is 9.90. The number of urea groups is 1. The first-order chi connectivity index (χ1) is 11.8. The van der Waals surface area contributed by atoms with Crippen molar-refractivity contribution in [2.75, 3.05) is 27.3 Å². The fourth-order valence-corrected chi connectivity index (χ4v) is 3.02. The average Bonchev–Trinajstić information content (AvgIpc) is 2.98. The van der Waals surface area contributed by atoms with Gasteiger partial charge in [-0.25, -0.2) is 4.79 Å². The van der Waals surface area contributed by atoms with Crippen molar-refractivity contribution in [2.24, 2.45) is 5.41 Å². The van der Waals surface area contributed by atoms with Crippen molar-refractivity contribution < 1.29 is 24.2 Å². The molecular formula is C18H26N2O5. The number of hydrogen-bond acceptors (Lipinski definition) is 4. The Bertz CT molecular complexity index is 648. The van der Waals surface area contributed by atoms with Crippen molar-refractivity contribution in [2.45, 2.75) is 32.7 Å². The Morgan fingerprint density at radius 2 is 2.00 bits per heavy atom. The molecule has 138 valence electrons. The normalized spacial score (nSPS) is 20.9. The van der Waals surface area contributed by atoms with Gasteiger partial charge < -0.3 is 24.8 Å². The zero-order chi connectivity index (χ0) is 18.6. The van der Waals surface area contributed by atoms with E-state index in [1.54, 1.807) is 26.0 Å². The molecular weight excluding hydrogens is 324 g/mol. The van der Waals surface area contributed by atoms with E-state index in [4.69, 9.17) is 9.47 Å². The molecule has 0 radical (unpaired) electrons. The van der Waals surface area contributed by atoms with Gasteiger partial charge in [0.1, 0.15) is 0 Å². The van der Waals surface area contributed by atoms with E-state index in [1.807, 2.05) is 25.1 Å². The van der Waals surface area contributed by atoms with Gasteiger partial charge >= 0.3 is 12.0 Å². The Morgan fingerprint density at radius 3 is 2.56 bits per heavy atom. The lowest BCUT2D eigenvalue weighted by molar-refractivity contribution is -0.146. The molecule has 1 saturated heterocycles. The van der Waals surface area contributed by atoms with Gasteiger partial charge in [-0.05, 0) is 44.4 Å². The number of amides is 2. The number of rotatable bonds is 6. The summed E-state index contributed by atoms with van der Waals surface area (Å²) in [4.78, 5) is 25.2. The number of hydrogen-bond donors (Lipinski definition) is 2. The Morgan fingerprint density at radius 1 is 1.32 bits per heavy atom. The van der Waals surface area contributed by atoms with Crippen LogP contribution in [-0.2, 0) is 11.2 Å². The highest BCUT2D eigenvalue weighted by Crippen LogP contribution is 2.30. The van der Waals surface area contributed by atoms with Gasteiger partial charge in [0.15, 0.2) is 11.5 Å². The molecule has 1 aliphatic rings. The molecule has 2 atom stereocenters. The molecule has 7 heteroatoms. The Hall–Kier alpha value is -2.44. The smallest absolute Gasteiger partial charge is 0.317 e. The van der Waals surface area contributed by atoms with Crippen LogP contribution in [0, 0.1) is 5.41 Å². The monoisotopic (exact) mass is 350 g/mol. The molecule has 2 N–H and O–H groups in total. The zero-order valence-corrected chi connectivity index (χ0v) is 15.2. The third kappa shape index (κ3) is 4.35. The Balaban J connectivity index is 1.93. The number of nitrogens with one attached hydrogen (secondary N) is 1. The Kier molecular flexibility index (Phi) is 5.77. The van der Waals surface area contributed by atoms with Gasteiger partial charge in [0.25, 0.3) is 0 Å². The quantitative estimate of drug-likeness (QED) is 0.821. The van der Waals surface area contributed by atoms with E-state index < -0.39 is 11.4 Å². The van der Waals surface area contributed by atoms with Crippen molar-refractivity contribution in [1.29, 1.82) is 0 Å². The highest BCUT2D eigenvalue weighted by Gasteiger charge is 2.42. The van der Waals surface area contributed by atoms with E-state index >= 15 is 0 Å². The van der Waals surface area contributed by atoms with Crippen molar-refractivity contribution in [3.8, 4) is 11.5 Å². The lowest BCUT2D eigenvalue weighted by Gasteiger charge is -2.23. The van der Waals surface area contributed by atoms with Crippen LogP contribution in [-0.4, -0.2) is 55.4 Å². The summed E-state index contributed by atoms with van der Waals surface area (Å²) >= 11 is 0. The first-order valence-electron chi connectivity index (χ1n) is 8.29. The fourth-order valence-electron chi connectivity index (χ4n) is 3.02. The van der Waals surface area contributed by atoms with Gasteiger partial charge in [-0.15, -0.1) is 0 Å². The number of aliphatic carboxylic acids is 1. The molecule has 1 fully saturated rings. The van der Waals surface area contributed by atoms with Gasteiger partial charge in [0.05, 0.1) is 19.6 Å². The summed E-state index contributed by atoms with van der Waals surface area (Å²) < 4.78 is 10.5. The number of carbonyl (C=O) groups excluding carboxylic acids is 1. The van der Waals surface area contributed by atoms with E-state index in [-0.39, 0.29) is 18.6 Å². The highest BCUT2D eigenvalue weighted by atomic mass is 16.5. The fraction of sp³-hybridized carbons (Fsp3) is 0.556. The second-order valence-electron chi connectivity index (χ2n) is 6.78. The molecule has 0 saturated carbocycles. The molecule has 1 aliphatic heterocycles. The van der Waals surface area contributed by atoms with Crippen LogP contribution in [0.2, 0.25) is 0 Å². The number of likely N-dealkylation sites (tertiary alicyclic amines) is 1. The molecule has 1 heterocycles. The first kappa shape index (κ1) is 18.9. The molecule has 7 nitrogen and oxygen atoms in total. The zero-order valence-electron chi connectivity index (χ0n) is 15.2. The van der Waals surface area contributed by atoms with Crippen molar-refractivity contribution in [1.82, 2.24) is 10.2 Å². The van der Waals surface area contributed by atoms with E-state index in [9.17, 15) is 14.7 Å². The first-order valence-corrected chi connectivity index (χ1v) is 8.29. The van der Waals surface area contributed by atoms with Crippen LogP contribution in [0.1, 0.15) is 25.8 Å². The highest BCUT2D eigenvalue weighted by molar-refractivity contribution is 5.79. The number of carboxylic acid groups (broad SMARTS) is 1. The van der Waals surface area contributed by atoms with Gasteiger partial charge in [0, 0.05) is 19.1 Å². The third-order valence-electron chi connectivity index (χ3n) is 4.64. The molecule has 2 unspecified atom stereocenters. The molecule has 0 aliphatic carbocycles. The molecule has 25 heavy (non-hydrogen) atoms. The molecule has 2 rings (SSSR count). The second kappa shape index (κ2) is 7.63. The maximum Gasteiger partial charge on any atom is 0.317 e. The molecule has 1 aromatic carbocycles. The minimum absolute atomic E-state index is 0.0951. The van der Waals surface area contributed by atoms with Gasteiger partial charge in [-0.2, -0.15) is 0 Å². The van der Waals surface area contributed by atoms with Gasteiger partial charge in [0.2, 0.25) is 0 Å². The van der Waals surface area contributed by atoms with Crippen molar-refractivity contribution >= 4 is 12.0 Å². The van der Waals surface area contributed by atoms with Crippen LogP contribution in [0.15, 0.2) is 18.2 Å². The summed E-state index contributed by atoms with van der Waals surface area (Å²) in [6.07, 6.45) is 1.11. The SMILES string of the molecule is COc1ccc(CC(C)NC(=O)N2CCC(C)(C(=O)O)C2)cc1OC. The number of benzene rings is 1. The molecule has 2 amide bonds. The average molecular weight is 350 g/mol. The minimum atomic E-state index is -0.860. The predicted octanol–water partition coefficient (Wildman–Crippen LogP) is 2.14. The number of methoxy groups -OCH3 is 2. The lowest BCUT2D eigenvalue weighted by Crippen LogP contribution is -2.44. The van der Waals surface area contributed by atoms with Crippen molar-refractivity contribution in [3.63, 3.8) is 0 Å². The summed E-state index contributed by atoms with van der Waals surface area (Å²) in [6.45, 7) is 4.28. The van der Waals surface area contributed by atoms with Crippen LogP contribution in [0.3, 0.4) is 0 Å². The molecule has 0 bridgehead atoms. The number of carbonyl (C=O) groups is 2. The molecule has 1 aromatic rings. The standard InChI is InChI=1S/C18H26N2O5/c1-12(9-13-5-6-14(24-3)15(10-13)25-4)19-17(23)20-8-7-18(2,11-20)16(21)22/h5-6,10,12H,7-9,11H2,1-4H3,(H,19,23)(H,21,22). The van der Waals surface area contributed by atoms with Gasteiger partial charge in [-0.1, -0.05) is 6.07 Å². The third-order valence-corrected chi connectivity index (χ3v) is 4.64. The topological polar surface area (TPSA) is 88.1 Å². The summed E-state index contributed by atoms with van der Waals surface area (Å²) in [6, 6.07) is 5.34. The maximum atomic E-state index is 12.4. The largest absolute Gasteiger partial charge is 0.493 e. The van der Waals surface area contributed by atoms with Crippen LogP contribution in [0.25, 0.3) is 0 Å². The van der Waals surface area contributed by atoms with Crippen LogP contribution >= 0.6 is 0 Å². The van der Waals surface area contributed by atoms with Crippen LogP contribution in [0.5, 0.6) is 11.5 Å². The molecule has 0 spiro atoms. The second-order valence-corrected chi connectivity index (χ2v) is 6.78. The molecule has 0 aromatic heterocycles. The van der Waals surface area contributed by atoms with E-state index in [1.165, 1.54) is 0 Å². The van der Waals surface area contributed by atoms with E-state index in [0.29, 0.717) is 30.9 Å². The summed E-state index contributed by atoms with van der Waals surface area (Å²) in [5.74, 6) is 0.449. The number of nitrogens with zero attached hydrogens (tertiary/aromatic N) is 1. The number of carboxylic acids is 1. The summed E-state index contributed by atoms with van der Waals surface area (Å²) in [7, 11) is 3.17. The van der Waals surface area contributed by atoms with Crippen LogP contribution < -0.4 is 14.8 Å². The summed E-state index contributed by atoms with van der Waals surface area (Å²) in [5, 5.41) is 12.2. The van der Waals surface area contributed by atoms with E-state index in [0.717, 1.165) is 5.56 Å². The predicted molar refractivity (Wildman–Crippen MR) is 93.2 cm³/mol. The van der Waals surface area contributed by atoms with Gasteiger partial charge in [-0.3, -0.25) is 4.79 Å². The summed E-state index contributed by atoms with van der Waals surface area (Å²) in [5.41, 5.74) is 0.159. The minimum Gasteiger partial charge on any atom is -0.493 e. The van der Waals surface area contributed by atoms with E-state index in [2.05, 4.69) is 5.32 Å². The number of ether oxygens (including phenoxy) is 2.